The van der Waals surface area contributed by atoms with Crippen molar-refractivity contribution in [2.45, 2.75) is 63.7 Å². The standard InChI is InChI=1S/C25H30N2O6S/c1-17-21(26)25(27(34(17,28)29)14-18-10-6-4-7-11-18)20(16-30-15-19-12-8-5-9-13-19)31-23-22(25)32-24(2,3)33-23/h4-13,20,22-23H,14-16,26H2,1-3H3/t20-,22+,23-,25+/m1/s1. The molecule has 0 bridgehead atoms. The van der Waals surface area contributed by atoms with Gasteiger partial charge < -0.3 is 24.7 Å². The van der Waals surface area contributed by atoms with Crippen LogP contribution in [0.15, 0.2) is 71.3 Å². The zero-order chi connectivity index (χ0) is 24.1. The molecule has 2 saturated heterocycles. The van der Waals surface area contributed by atoms with Crippen LogP contribution in [0.25, 0.3) is 0 Å². The predicted molar refractivity (Wildman–Crippen MR) is 125 cm³/mol. The van der Waals surface area contributed by atoms with Crippen molar-refractivity contribution >= 4 is 10.0 Å². The zero-order valence-corrected chi connectivity index (χ0v) is 20.3. The van der Waals surface area contributed by atoms with Crippen molar-refractivity contribution in [1.29, 1.82) is 0 Å². The fraction of sp³-hybridized carbons (Fsp3) is 0.440. The maximum atomic E-state index is 13.7. The molecular weight excluding hydrogens is 456 g/mol. The van der Waals surface area contributed by atoms with E-state index in [2.05, 4.69) is 0 Å². The Morgan fingerprint density at radius 3 is 2.26 bits per heavy atom. The van der Waals surface area contributed by atoms with Crippen molar-refractivity contribution in [2.24, 2.45) is 5.73 Å². The summed E-state index contributed by atoms with van der Waals surface area (Å²) in [5, 5.41) is 0. The Morgan fingerprint density at radius 1 is 1.00 bits per heavy atom. The van der Waals surface area contributed by atoms with Crippen LogP contribution in [-0.4, -0.2) is 49.2 Å². The number of hydrogen-bond acceptors (Lipinski definition) is 7. The minimum atomic E-state index is -3.87. The molecule has 3 aliphatic rings. The second-order valence-electron chi connectivity index (χ2n) is 9.34. The molecule has 0 amide bonds. The fourth-order valence-electron chi connectivity index (χ4n) is 5.11. The number of nitrogens with two attached hydrogens (primary N) is 1. The Labute approximate surface area is 200 Å². The van der Waals surface area contributed by atoms with Gasteiger partial charge in [0.25, 0.3) is 0 Å². The first-order valence-corrected chi connectivity index (χ1v) is 12.8. The van der Waals surface area contributed by atoms with E-state index in [1.54, 1.807) is 13.8 Å². The van der Waals surface area contributed by atoms with E-state index in [0.717, 1.165) is 11.1 Å². The van der Waals surface area contributed by atoms with Crippen molar-refractivity contribution in [1.82, 2.24) is 4.31 Å². The third-order valence-electron chi connectivity index (χ3n) is 6.73. The van der Waals surface area contributed by atoms with Crippen molar-refractivity contribution in [3.8, 4) is 0 Å². The van der Waals surface area contributed by atoms with Gasteiger partial charge in [-0.25, -0.2) is 8.42 Å². The predicted octanol–water partition coefficient (Wildman–Crippen LogP) is 2.85. The van der Waals surface area contributed by atoms with E-state index in [4.69, 9.17) is 24.7 Å². The van der Waals surface area contributed by atoms with Gasteiger partial charge in [-0.3, -0.25) is 0 Å². The first kappa shape index (κ1) is 23.5. The number of hydrogen-bond donors (Lipinski definition) is 1. The highest BCUT2D eigenvalue weighted by atomic mass is 32.2. The molecule has 5 rings (SSSR count). The molecular formula is C25H30N2O6S. The van der Waals surface area contributed by atoms with Gasteiger partial charge >= 0.3 is 0 Å². The average molecular weight is 487 g/mol. The Kier molecular flexibility index (Phi) is 5.83. The van der Waals surface area contributed by atoms with Crippen LogP contribution in [0.2, 0.25) is 0 Å². The number of fused-ring (bicyclic) bond motifs is 2. The molecule has 3 heterocycles. The van der Waals surface area contributed by atoms with Gasteiger partial charge in [-0.1, -0.05) is 60.7 Å². The van der Waals surface area contributed by atoms with E-state index >= 15 is 0 Å². The van der Waals surface area contributed by atoms with Gasteiger partial charge in [0, 0.05) is 6.54 Å². The third-order valence-corrected chi connectivity index (χ3v) is 8.74. The van der Waals surface area contributed by atoms with E-state index in [1.165, 1.54) is 11.2 Å². The molecule has 0 radical (unpaired) electrons. The van der Waals surface area contributed by atoms with Gasteiger partial charge in [0.05, 0.1) is 23.8 Å². The molecule has 34 heavy (non-hydrogen) atoms. The Balaban J connectivity index is 1.54. The monoisotopic (exact) mass is 486 g/mol. The summed E-state index contributed by atoms with van der Waals surface area (Å²) in [7, 11) is -3.87. The Hall–Kier alpha value is -2.27. The molecule has 8 nitrogen and oxygen atoms in total. The fourth-order valence-corrected chi connectivity index (χ4v) is 6.92. The topological polar surface area (TPSA) is 100 Å². The molecule has 0 aliphatic carbocycles. The van der Waals surface area contributed by atoms with E-state index in [1.807, 2.05) is 60.7 Å². The average Bonchev–Trinajstić information content (AvgIpc) is 3.32. The van der Waals surface area contributed by atoms with Gasteiger partial charge in [-0.05, 0) is 31.9 Å². The Morgan fingerprint density at radius 2 is 1.62 bits per heavy atom. The van der Waals surface area contributed by atoms with Crippen LogP contribution in [0, 0.1) is 0 Å². The highest BCUT2D eigenvalue weighted by molar-refractivity contribution is 7.93. The lowest BCUT2D eigenvalue weighted by molar-refractivity contribution is -0.220. The molecule has 2 N–H and O–H groups in total. The van der Waals surface area contributed by atoms with Crippen molar-refractivity contribution in [3.63, 3.8) is 0 Å². The van der Waals surface area contributed by atoms with E-state index in [-0.39, 0.29) is 23.8 Å². The summed E-state index contributed by atoms with van der Waals surface area (Å²) in [4.78, 5) is 0.106. The maximum Gasteiger partial charge on any atom is 0.242 e. The molecule has 2 aromatic rings. The normalized spacial score (nSPS) is 31.9. The zero-order valence-electron chi connectivity index (χ0n) is 19.5. The lowest BCUT2D eigenvalue weighted by Gasteiger charge is -2.41. The van der Waals surface area contributed by atoms with Crippen LogP contribution in [0.1, 0.15) is 31.9 Å². The second-order valence-corrected chi connectivity index (χ2v) is 11.3. The van der Waals surface area contributed by atoms with Crippen LogP contribution in [0.5, 0.6) is 0 Å². The van der Waals surface area contributed by atoms with Crippen LogP contribution >= 0.6 is 0 Å². The molecule has 3 aliphatic heterocycles. The SMILES string of the molecule is CC1=C(N)[C@]2([C@@H](COCc3ccccc3)O[C@@H]3OC(C)(C)O[C@@H]32)N(Cc2ccccc2)S1(=O)=O. The number of sulfonamides is 1. The van der Waals surface area contributed by atoms with E-state index in [9.17, 15) is 8.42 Å². The molecule has 1 spiro atoms. The van der Waals surface area contributed by atoms with Crippen molar-refractivity contribution in [2.75, 3.05) is 6.61 Å². The third kappa shape index (κ3) is 3.67. The van der Waals surface area contributed by atoms with Gasteiger partial charge in [0.15, 0.2) is 12.1 Å². The van der Waals surface area contributed by atoms with Gasteiger partial charge in [-0.15, -0.1) is 0 Å². The molecule has 2 aromatic carbocycles. The second kappa shape index (κ2) is 8.44. The smallest absolute Gasteiger partial charge is 0.242 e. The summed E-state index contributed by atoms with van der Waals surface area (Å²) in [6, 6.07) is 19.2. The molecule has 0 unspecified atom stereocenters. The first-order chi connectivity index (χ1) is 16.2. The summed E-state index contributed by atoms with van der Waals surface area (Å²) in [5.41, 5.74) is 7.39. The number of benzene rings is 2. The van der Waals surface area contributed by atoms with Crippen LogP contribution < -0.4 is 5.73 Å². The highest BCUT2D eigenvalue weighted by Gasteiger charge is 2.72. The Bertz CT molecular complexity index is 1180. The quantitative estimate of drug-likeness (QED) is 0.670. The van der Waals surface area contributed by atoms with Crippen LogP contribution in [0.3, 0.4) is 0 Å². The molecule has 0 aromatic heterocycles. The minimum absolute atomic E-state index is 0.106. The molecule has 182 valence electrons. The molecule has 2 fully saturated rings. The maximum absolute atomic E-state index is 13.7. The summed E-state index contributed by atoms with van der Waals surface area (Å²) in [6.07, 6.45) is -2.25. The number of nitrogens with zero attached hydrogens (tertiary/aromatic N) is 1. The number of ether oxygens (including phenoxy) is 4. The summed E-state index contributed by atoms with van der Waals surface area (Å²) < 4.78 is 53.3. The lowest BCUT2D eigenvalue weighted by atomic mass is 9.84. The largest absolute Gasteiger partial charge is 0.399 e. The van der Waals surface area contributed by atoms with Crippen molar-refractivity contribution < 1.29 is 27.4 Å². The summed E-state index contributed by atoms with van der Waals surface area (Å²) in [6.45, 7) is 5.68. The van der Waals surface area contributed by atoms with Gasteiger partial charge in [-0.2, -0.15) is 4.31 Å². The van der Waals surface area contributed by atoms with E-state index < -0.39 is 39.8 Å². The van der Waals surface area contributed by atoms with Crippen LogP contribution in [0.4, 0.5) is 0 Å². The summed E-state index contributed by atoms with van der Waals surface area (Å²) in [5.74, 6) is -0.947. The first-order valence-electron chi connectivity index (χ1n) is 11.3. The van der Waals surface area contributed by atoms with Crippen LogP contribution in [-0.2, 0) is 42.1 Å². The number of allylic oxidation sites excluding steroid dienone is 1. The van der Waals surface area contributed by atoms with E-state index in [0.29, 0.717) is 6.61 Å². The van der Waals surface area contributed by atoms with Gasteiger partial charge in [0.2, 0.25) is 10.0 Å². The van der Waals surface area contributed by atoms with Gasteiger partial charge in [0.1, 0.15) is 17.7 Å². The lowest BCUT2D eigenvalue weighted by Crippen LogP contribution is -2.62. The molecule has 4 atom stereocenters. The number of rotatable bonds is 6. The molecule has 0 saturated carbocycles. The highest BCUT2D eigenvalue weighted by Crippen LogP contribution is 2.54. The van der Waals surface area contributed by atoms with Crippen molar-refractivity contribution in [3.05, 3.63) is 82.4 Å². The molecule has 9 heteroatoms. The minimum Gasteiger partial charge on any atom is -0.399 e. The summed E-state index contributed by atoms with van der Waals surface area (Å²) >= 11 is 0.